The van der Waals surface area contributed by atoms with Crippen molar-refractivity contribution in [2.24, 2.45) is 0 Å². The van der Waals surface area contributed by atoms with Crippen LogP contribution < -0.4 is 26.8 Å². The predicted molar refractivity (Wildman–Crippen MR) is 141 cm³/mol. The maximum absolute atomic E-state index is 12.4. The molecule has 1 aromatic rings. The van der Waals surface area contributed by atoms with E-state index in [4.69, 9.17) is 4.74 Å². The third-order valence-corrected chi connectivity index (χ3v) is 6.41. The lowest BCUT2D eigenvalue weighted by Gasteiger charge is -2.23. The van der Waals surface area contributed by atoms with E-state index >= 15 is 0 Å². The lowest BCUT2D eigenvalue weighted by Crippen LogP contribution is -2.52. The summed E-state index contributed by atoms with van der Waals surface area (Å²) in [4.78, 5) is 48.6. The van der Waals surface area contributed by atoms with Crippen LogP contribution in [-0.4, -0.2) is 65.6 Å². The summed E-state index contributed by atoms with van der Waals surface area (Å²) in [6, 6.07) is 7.25. The number of carbonyl (C=O) groups is 4. The van der Waals surface area contributed by atoms with Crippen LogP contribution in [0, 0.1) is 0 Å². The van der Waals surface area contributed by atoms with E-state index in [-0.39, 0.29) is 11.7 Å². The molecule has 0 fully saturated rings. The van der Waals surface area contributed by atoms with Crippen molar-refractivity contribution in [2.75, 3.05) is 36.2 Å². The van der Waals surface area contributed by atoms with Crippen molar-refractivity contribution in [2.45, 2.75) is 51.2 Å². The molecule has 5 N–H and O–H groups in total. The molecule has 0 aliphatic carbocycles. The molecule has 12 heteroatoms. The first-order valence-electron chi connectivity index (χ1n) is 11.4. The molecule has 4 amide bonds. The normalized spacial score (nSPS) is 15.3. The lowest BCUT2D eigenvalue weighted by atomic mass is 9.98. The van der Waals surface area contributed by atoms with Gasteiger partial charge in [0.25, 0.3) is 11.1 Å². The highest BCUT2D eigenvalue weighted by molar-refractivity contribution is 8.14. The van der Waals surface area contributed by atoms with Gasteiger partial charge in [-0.25, -0.2) is 4.79 Å². The minimum atomic E-state index is -0.874. The second-order valence-corrected chi connectivity index (χ2v) is 10.9. The molecule has 1 aromatic carbocycles. The summed E-state index contributed by atoms with van der Waals surface area (Å²) in [5.74, 6) is 0.0481. The fourth-order valence-corrected chi connectivity index (χ4v) is 4.33. The molecule has 1 heterocycles. The molecule has 0 radical (unpaired) electrons. The van der Waals surface area contributed by atoms with Crippen molar-refractivity contribution in [1.82, 2.24) is 21.5 Å². The van der Waals surface area contributed by atoms with E-state index < -0.39 is 28.9 Å². The number of amides is 4. The van der Waals surface area contributed by atoms with Crippen LogP contribution in [0.5, 0.6) is 0 Å². The third kappa shape index (κ3) is 10.7. The first-order valence-corrected chi connectivity index (χ1v) is 13.8. The Balaban J connectivity index is 1.67. The van der Waals surface area contributed by atoms with E-state index in [0.717, 1.165) is 30.4 Å². The van der Waals surface area contributed by atoms with Crippen molar-refractivity contribution < 1.29 is 23.9 Å². The minimum absolute atomic E-state index is 0.0761. The summed E-state index contributed by atoms with van der Waals surface area (Å²) >= 11 is 2.27. The zero-order valence-corrected chi connectivity index (χ0v) is 22.2. The van der Waals surface area contributed by atoms with Gasteiger partial charge in [-0.15, -0.1) is 0 Å². The van der Waals surface area contributed by atoms with Gasteiger partial charge in [0.1, 0.15) is 11.6 Å². The summed E-state index contributed by atoms with van der Waals surface area (Å²) in [7, 11) is 0. The van der Waals surface area contributed by atoms with Crippen LogP contribution in [0.15, 0.2) is 24.3 Å². The van der Waals surface area contributed by atoms with Crippen molar-refractivity contribution >= 4 is 52.4 Å². The standard InChI is InChI=1S/C23H35N5O5S2/c1-23(2,3)33-21(31)26-18(10-12-34-4)20(30)27-28-22(32)35-14-19(29)24-11-9-15-13-25-17-8-6-5-7-16(15)17/h5-8,15,18,25H,9-14H2,1-4H3,(H,24,29)(H,26,31)(H,27,30)(H,28,32)/t15?,18-/m0/s1. The number of benzene rings is 1. The fourth-order valence-electron chi connectivity index (χ4n) is 3.37. The average Bonchev–Trinajstić information content (AvgIpc) is 3.20. The summed E-state index contributed by atoms with van der Waals surface area (Å²) < 4.78 is 5.19. The van der Waals surface area contributed by atoms with E-state index in [1.54, 1.807) is 20.8 Å². The largest absolute Gasteiger partial charge is 0.444 e. The number of ether oxygens (including phenoxy) is 1. The zero-order valence-electron chi connectivity index (χ0n) is 20.6. The average molecular weight is 526 g/mol. The number of para-hydroxylation sites is 1. The molecule has 0 aromatic heterocycles. The first-order chi connectivity index (χ1) is 16.6. The van der Waals surface area contributed by atoms with Crippen molar-refractivity contribution in [1.29, 1.82) is 0 Å². The van der Waals surface area contributed by atoms with Crippen LogP contribution >= 0.6 is 23.5 Å². The monoisotopic (exact) mass is 525 g/mol. The molecule has 0 saturated carbocycles. The molecule has 0 spiro atoms. The van der Waals surface area contributed by atoms with Gasteiger partial charge in [-0.05, 0) is 57.3 Å². The summed E-state index contributed by atoms with van der Waals surface area (Å²) in [5.41, 5.74) is 6.25. The number of nitrogens with one attached hydrogen (secondary N) is 5. The van der Waals surface area contributed by atoms with Gasteiger partial charge in [-0.1, -0.05) is 30.0 Å². The molecule has 0 saturated heterocycles. The van der Waals surface area contributed by atoms with E-state index in [1.165, 1.54) is 17.3 Å². The second kappa shape index (κ2) is 14.1. The van der Waals surface area contributed by atoms with Gasteiger partial charge in [-0.2, -0.15) is 11.8 Å². The highest BCUT2D eigenvalue weighted by Gasteiger charge is 2.25. The molecule has 1 aliphatic heterocycles. The Bertz CT molecular complexity index is 893. The molecule has 194 valence electrons. The maximum atomic E-state index is 12.4. The number of hydrazine groups is 1. The van der Waals surface area contributed by atoms with Gasteiger partial charge >= 0.3 is 6.09 Å². The highest BCUT2D eigenvalue weighted by atomic mass is 32.2. The SMILES string of the molecule is CSCC[C@H](NC(=O)OC(C)(C)C)C(=O)NNC(=O)SCC(=O)NCCC1CNc2ccccc21. The van der Waals surface area contributed by atoms with Crippen LogP contribution in [-0.2, 0) is 14.3 Å². The fraction of sp³-hybridized carbons (Fsp3) is 0.565. The van der Waals surface area contributed by atoms with E-state index in [1.807, 2.05) is 24.5 Å². The van der Waals surface area contributed by atoms with Crippen LogP contribution in [0.3, 0.4) is 0 Å². The number of anilines is 1. The lowest BCUT2D eigenvalue weighted by molar-refractivity contribution is -0.124. The van der Waals surface area contributed by atoms with Crippen LogP contribution in [0.1, 0.15) is 45.1 Å². The molecule has 10 nitrogen and oxygen atoms in total. The second-order valence-electron chi connectivity index (χ2n) is 8.97. The maximum Gasteiger partial charge on any atom is 0.408 e. The number of carbonyl (C=O) groups excluding carboxylic acids is 4. The van der Waals surface area contributed by atoms with Gasteiger partial charge in [0.2, 0.25) is 5.91 Å². The first kappa shape index (κ1) is 28.6. The third-order valence-electron chi connectivity index (χ3n) is 4.99. The molecular formula is C23H35N5O5S2. The van der Waals surface area contributed by atoms with Crippen LogP contribution in [0.2, 0.25) is 0 Å². The topological polar surface area (TPSA) is 138 Å². The van der Waals surface area contributed by atoms with Crippen LogP contribution in [0.25, 0.3) is 0 Å². The number of alkyl carbamates (subject to hydrolysis) is 1. The Hall–Kier alpha value is -2.60. The Kier molecular flexibility index (Phi) is 11.5. The van der Waals surface area contributed by atoms with Gasteiger partial charge in [0.15, 0.2) is 0 Å². The Morgan fingerprint density at radius 1 is 1.17 bits per heavy atom. The molecule has 2 rings (SSSR count). The molecule has 35 heavy (non-hydrogen) atoms. The van der Waals surface area contributed by atoms with Gasteiger partial charge < -0.3 is 20.7 Å². The Labute approximate surface area is 214 Å². The molecule has 0 bridgehead atoms. The molecular weight excluding hydrogens is 490 g/mol. The number of fused-ring (bicyclic) bond motifs is 1. The number of hydrogen-bond donors (Lipinski definition) is 5. The Morgan fingerprint density at radius 2 is 1.91 bits per heavy atom. The quantitative estimate of drug-likeness (QED) is 0.294. The van der Waals surface area contributed by atoms with Crippen LogP contribution in [0.4, 0.5) is 15.3 Å². The molecule has 2 atom stereocenters. The minimum Gasteiger partial charge on any atom is -0.444 e. The number of thioether (sulfide) groups is 2. The van der Waals surface area contributed by atoms with Gasteiger partial charge in [-0.3, -0.25) is 25.2 Å². The van der Waals surface area contributed by atoms with Crippen molar-refractivity contribution in [3.05, 3.63) is 29.8 Å². The summed E-state index contributed by atoms with van der Waals surface area (Å²) in [6.45, 7) is 6.52. The Morgan fingerprint density at radius 3 is 2.63 bits per heavy atom. The summed E-state index contributed by atoms with van der Waals surface area (Å²) in [5, 5.41) is 8.12. The van der Waals surface area contributed by atoms with E-state index in [2.05, 4.69) is 32.9 Å². The van der Waals surface area contributed by atoms with E-state index in [9.17, 15) is 19.2 Å². The molecule has 1 unspecified atom stereocenters. The number of hydrogen-bond acceptors (Lipinski definition) is 8. The summed E-state index contributed by atoms with van der Waals surface area (Å²) in [6.07, 6.45) is 2.33. The smallest absolute Gasteiger partial charge is 0.408 e. The zero-order chi connectivity index (χ0) is 25.8. The molecule has 1 aliphatic rings. The predicted octanol–water partition coefficient (Wildman–Crippen LogP) is 2.82. The van der Waals surface area contributed by atoms with Gasteiger partial charge in [0.05, 0.1) is 5.75 Å². The number of rotatable bonds is 10. The van der Waals surface area contributed by atoms with Gasteiger partial charge in [0, 0.05) is 24.7 Å². The van der Waals surface area contributed by atoms with Crippen molar-refractivity contribution in [3.63, 3.8) is 0 Å². The highest BCUT2D eigenvalue weighted by Crippen LogP contribution is 2.32. The van der Waals surface area contributed by atoms with Crippen molar-refractivity contribution in [3.8, 4) is 0 Å². The van der Waals surface area contributed by atoms with E-state index in [0.29, 0.717) is 24.6 Å².